The quantitative estimate of drug-likeness (QED) is 0.413. The van der Waals surface area contributed by atoms with Gasteiger partial charge in [0.2, 0.25) is 0 Å². The molecular formula is C10H16. The summed E-state index contributed by atoms with van der Waals surface area (Å²) >= 11 is 0. The van der Waals surface area contributed by atoms with Crippen LogP contribution in [-0.4, -0.2) is 0 Å². The lowest BCUT2D eigenvalue weighted by Crippen LogP contribution is -2.01. The molecular weight excluding hydrogens is 120 g/mol. The highest BCUT2D eigenvalue weighted by molar-refractivity contribution is 5.12. The average molecular weight is 136 g/mol. The molecule has 10 heavy (non-hydrogen) atoms. The van der Waals surface area contributed by atoms with Crippen molar-refractivity contribution in [3.05, 3.63) is 12.2 Å². The molecule has 0 aromatic heterocycles. The SMILES string of the molecule is C#CC(C)(C)/C=C/CCC. The van der Waals surface area contributed by atoms with E-state index in [-0.39, 0.29) is 5.41 Å². The maximum atomic E-state index is 5.29. The Morgan fingerprint density at radius 3 is 2.50 bits per heavy atom. The third-order valence-corrected chi connectivity index (χ3v) is 1.36. The second-order valence-corrected chi connectivity index (χ2v) is 3.06. The molecule has 0 bridgehead atoms. The minimum absolute atomic E-state index is 0.0603. The molecule has 0 aliphatic rings. The van der Waals surface area contributed by atoms with E-state index in [0.717, 1.165) is 6.42 Å². The summed E-state index contributed by atoms with van der Waals surface area (Å²) in [6.45, 7) is 6.24. The fourth-order valence-electron chi connectivity index (χ4n) is 0.593. The minimum atomic E-state index is -0.0603. The normalized spacial score (nSPS) is 11.8. The number of hydrogen-bond donors (Lipinski definition) is 0. The van der Waals surface area contributed by atoms with Crippen LogP contribution in [0, 0.1) is 17.8 Å². The predicted octanol–water partition coefficient (Wildman–Crippen LogP) is 3.00. The van der Waals surface area contributed by atoms with Gasteiger partial charge in [0.25, 0.3) is 0 Å². The summed E-state index contributed by atoms with van der Waals surface area (Å²) in [6.07, 6.45) is 11.9. The van der Waals surface area contributed by atoms with Crippen LogP contribution in [0.5, 0.6) is 0 Å². The average Bonchev–Trinajstić information content (AvgIpc) is 1.89. The first-order valence-corrected chi connectivity index (χ1v) is 3.78. The van der Waals surface area contributed by atoms with Crippen molar-refractivity contribution < 1.29 is 0 Å². The van der Waals surface area contributed by atoms with Crippen molar-refractivity contribution in [2.24, 2.45) is 5.41 Å². The van der Waals surface area contributed by atoms with E-state index < -0.39 is 0 Å². The molecule has 0 amide bonds. The predicted molar refractivity (Wildman–Crippen MR) is 46.7 cm³/mol. The third-order valence-electron chi connectivity index (χ3n) is 1.36. The molecule has 0 heterocycles. The van der Waals surface area contributed by atoms with Crippen LogP contribution in [0.1, 0.15) is 33.6 Å². The van der Waals surface area contributed by atoms with Crippen molar-refractivity contribution >= 4 is 0 Å². The molecule has 0 aliphatic carbocycles. The molecule has 0 aromatic carbocycles. The first-order valence-electron chi connectivity index (χ1n) is 3.78. The van der Waals surface area contributed by atoms with E-state index in [4.69, 9.17) is 6.42 Å². The molecule has 0 heteroatoms. The number of allylic oxidation sites excluding steroid dienone is 2. The van der Waals surface area contributed by atoms with Gasteiger partial charge in [-0.3, -0.25) is 0 Å². The molecule has 0 aliphatic heterocycles. The van der Waals surface area contributed by atoms with Gasteiger partial charge in [0.05, 0.1) is 0 Å². The van der Waals surface area contributed by atoms with Crippen molar-refractivity contribution in [1.29, 1.82) is 0 Å². The zero-order valence-electron chi connectivity index (χ0n) is 7.15. The molecule has 0 fully saturated rings. The summed E-state index contributed by atoms with van der Waals surface area (Å²) in [7, 11) is 0. The van der Waals surface area contributed by atoms with Gasteiger partial charge in [0, 0.05) is 5.41 Å². The second kappa shape index (κ2) is 4.17. The van der Waals surface area contributed by atoms with Crippen molar-refractivity contribution in [3.63, 3.8) is 0 Å². The monoisotopic (exact) mass is 136 g/mol. The number of terminal acetylenes is 1. The minimum Gasteiger partial charge on any atom is -0.119 e. The number of hydrogen-bond acceptors (Lipinski definition) is 0. The van der Waals surface area contributed by atoms with Gasteiger partial charge in [-0.2, -0.15) is 0 Å². The first kappa shape index (κ1) is 9.30. The Labute approximate surface area is 64.3 Å². The largest absolute Gasteiger partial charge is 0.119 e. The zero-order valence-corrected chi connectivity index (χ0v) is 7.15. The molecule has 0 rings (SSSR count). The van der Waals surface area contributed by atoms with Crippen LogP contribution in [0.4, 0.5) is 0 Å². The van der Waals surface area contributed by atoms with Gasteiger partial charge in [-0.15, -0.1) is 6.42 Å². The van der Waals surface area contributed by atoms with Gasteiger partial charge in [-0.25, -0.2) is 0 Å². The maximum Gasteiger partial charge on any atom is 0.0434 e. The van der Waals surface area contributed by atoms with Crippen molar-refractivity contribution in [2.75, 3.05) is 0 Å². The molecule has 0 N–H and O–H groups in total. The van der Waals surface area contributed by atoms with Crippen LogP contribution in [0.25, 0.3) is 0 Å². The van der Waals surface area contributed by atoms with Crippen LogP contribution in [-0.2, 0) is 0 Å². The molecule has 0 saturated carbocycles. The Kier molecular flexibility index (Phi) is 3.88. The zero-order chi connectivity index (χ0) is 8.04. The van der Waals surface area contributed by atoms with E-state index in [1.54, 1.807) is 0 Å². The Balaban J connectivity index is 3.78. The Morgan fingerprint density at radius 1 is 1.50 bits per heavy atom. The Bertz CT molecular complexity index is 144. The molecule has 0 saturated heterocycles. The van der Waals surface area contributed by atoms with Gasteiger partial charge in [-0.1, -0.05) is 31.4 Å². The van der Waals surface area contributed by atoms with Gasteiger partial charge < -0.3 is 0 Å². The summed E-state index contributed by atoms with van der Waals surface area (Å²) in [5.74, 6) is 2.71. The van der Waals surface area contributed by atoms with Crippen molar-refractivity contribution in [1.82, 2.24) is 0 Å². The summed E-state index contributed by atoms with van der Waals surface area (Å²) in [6, 6.07) is 0. The smallest absolute Gasteiger partial charge is 0.0434 e. The third kappa shape index (κ3) is 4.21. The van der Waals surface area contributed by atoms with E-state index in [1.807, 2.05) is 13.8 Å². The van der Waals surface area contributed by atoms with Crippen LogP contribution in [0.2, 0.25) is 0 Å². The van der Waals surface area contributed by atoms with Gasteiger partial charge in [0.15, 0.2) is 0 Å². The second-order valence-electron chi connectivity index (χ2n) is 3.06. The van der Waals surface area contributed by atoms with Crippen LogP contribution in [0.3, 0.4) is 0 Å². The Morgan fingerprint density at radius 2 is 2.10 bits per heavy atom. The van der Waals surface area contributed by atoms with Gasteiger partial charge in [0.1, 0.15) is 0 Å². The lowest BCUT2D eigenvalue weighted by molar-refractivity contribution is 0.652. The highest BCUT2D eigenvalue weighted by Gasteiger charge is 2.06. The van der Waals surface area contributed by atoms with E-state index >= 15 is 0 Å². The molecule has 0 spiro atoms. The molecule has 0 nitrogen and oxygen atoms in total. The van der Waals surface area contributed by atoms with Crippen LogP contribution in [0.15, 0.2) is 12.2 Å². The topological polar surface area (TPSA) is 0 Å². The number of unbranched alkanes of at least 4 members (excludes halogenated alkanes) is 1. The van der Waals surface area contributed by atoms with Gasteiger partial charge in [-0.05, 0) is 20.3 Å². The molecule has 0 atom stereocenters. The summed E-state index contributed by atoms with van der Waals surface area (Å²) in [4.78, 5) is 0. The summed E-state index contributed by atoms with van der Waals surface area (Å²) in [5, 5.41) is 0. The molecule has 0 aromatic rings. The molecule has 0 unspecified atom stereocenters. The number of rotatable bonds is 3. The lowest BCUT2D eigenvalue weighted by Gasteiger charge is -2.09. The van der Waals surface area contributed by atoms with Crippen LogP contribution < -0.4 is 0 Å². The van der Waals surface area contributed by atoms with Crippen LogP contribution >= 0.6 is 0 Å². The highest BCUT2D eigenvalue weighted by Crippen LogP contribution is 2.14. The Hall–Kier alpha value is -0.700. The molecule has 56 valence electrons. The van der Waals surface area contributed by atoms with E-state index in [0.29, 0.717) is 0 Å². The fourth-order valence-corrected chi connectivity index (χ4v) is 0.593. The highest BCUT2D eigenvalue weighted by atomic mass is 14.1. The fraction of sp³-hybridized carbons (Fsp3) is 0.600. The first-order chi connectivity index (χ1) is 4.62. The summed E-state index contributed by atoms with van der Waals surface area (Å²) < 4.78 is 0. The standard InChI is InChI=1S/C10H16/c1-5-7-8-9-10(3,4)6-2/h2,8-9H,5,7H2,1,3-4H3/b9-8+. The van der Waals surface area contributed by atoms with E-state index in [1.165, 1.54) is 6.42 Å². The maximum absolute atomic E-state index is 5.29. The lowest BCUT2D eigenvalue weighted by atomic mass is 9.94. The molecule has 0 radical (unpaired) electrons. The van der Waals surface area contributed by atoms with Crippen molar-refractivity contribution in [3.8, 4) is 12.3 Å². The van der Waals surface area contributed by atoms with Gasteiger partial charge >= 0.3 is 0 Å². The van der Waals surface area contributed by atoms with E-state index in [9.17, 15) is 0 Å². The van der Waals surface area contributed by atoms with Crippen molar-refractivity contribution in [2.45, 2.75) is 33.6 Å². The summed E-state index contributed by atoms with van der Waals surface area (Å²) in [5.41, 5.74) is -0.0603. The van der Waals surface area contributed by atoms with E-state index in [2.05, 4.69) is 25.0 Å².